The normalized spacial score (nSPS) is 21.4. The molecule has 2 aromatic rings. The highest BCUT2D eigenvalue weighted by atomic mass is 16.5. The summed E-state index contributed by atoms with van der Waals surface area (Å²) < 4.78 is 5.25. The van der Waals surface area contributed by atoms with Crippen LogP contribution in [0.2, 0.25) is 0 Å². The van der Waals surface area contributed by atoms with Crippen molar-refractivity contribution in [2.24, 2.45) is 5.92 Å². The lowest BCUT2D eigenvalue weighted by atomic mass is 9.88. The summed E-state index contributed by atoms with van der Waals surface area (Å²) in [5, 5.41) is 11.5. The van der Waals surface area contributed by atoms with Gasteiger partial charge >= 0.3 is 5.97 Å². The van der Waals surface area contributed by atoms with Gasteiger partial charge in [0.25, 0.3) is 0 Å². The number of likely N-dealkylation sites (tertiary alicyclic amines) is 1. The monoisotopic (exact) mass is 355 g/mol. The van der Waals surface area contributed by atoms with Gasteiger partial charge in [-0.15, -0.1) is 0 Å². The fraction of sp³-hybridized carbons (Fsp3) is 0.429. The highest BCUT2D eigenvalue weighted by Crippen LogP contribution is 2.30. The second kappa shape index (κ2) is 7.36. The molecule has 1 aliphatic heterocycles. The zero-order valence-corrected chi connectivity index (χ0v) is 15.4. The van der Waals surface area contributed by atoms with Crippen molar-refractivity contribution in [1.29, 1.82) is 0 Å². The minimum Gasteiger partial charge on any atom is -0.497 e. The van der Waals surface area contributed by atoms with Gasteiger partial charge in [0, 0.05) is 12.6 Å². The summed E-state index contributed by atoms with van der Waals surface area (Å²) in [5.41, 5.74) is 0.942. The maximum absolute atomic E-state index is 13.0. The summed E-state index contributed by atoms with van der Waals surface area (Å²) in [5.74, 6) is -0.810. The van der Waals surface area contributed by atoms with Gasteiger partial charge in [-0.05, 0) is 55.2 Å². The van der Waals surface area contributed by atoms with Gasteiger partial charge in [-0.25, -0.2) is 0 Å². The Balaban J connectivity index is 1.83. The topological polar surface area (TPSA) is 66.8 Å². The van der Waals surface area contributed by atoms with Gasteiger partial charge in [0.2, 0.25) is 5.91 Å². The van der Waals surface area contributed by atoms with Gasteiger partial charge in [0.05, 0.1) is 18.9 Å². The molecule has 0 saturated carbocycles. The number of carbonyl (C=O) groups is 2. The Kier molecular flexibility index (Phi) is 5.16. The molecule has 1 N–H and O–H groups in total. The first kappa shape index (κ1) is 18.2. The lowest BCUT2D eigenvalue weighted by Crippen LogP contribution is -2.50. The van der Waals surface area contributed by atoms with Gasteiger partial charge in [0.15, 0.2) is 0 Å². The Morgan fingerprint density at radius 2 is 1.88 bits per heavy atom. The zero-order chi connectivity index (χ0) is 18.8. The van der Waals surface area contributed by atoms with E-state index >= 15 is 0 Å². The average molecular weight is 355 g/mol. The van der Waals surface area contributed by atoms with Crippen molar-refractivity contribution in [2.45, 2.75) is 38.6 Å². The summed E-state index contributed by atoms with van der Waals surface area (Å²) in [6.07, 6.45) is 1.36. The van der Waals surface area contributed by atoms with Crippen molar-refractivity contribution in [2.75, 3.05) is 13.7 Å². The second-order valence-electron chi connectivity index (χ2n) is 7.05. The number of carboxylic acids is 1. The van der Waals surface area contributed by atoms with Crippen LogP contribution >= 0.6 is 0 Å². The number of hydrogen-bond donors (Lipinski definition) is 1. The Labute approximate surface area is 153 Å². The third-order valence-corrected chi connectivity index (χ3v) is 5.53. The van der Waals surface area contributed by atoms with Crippen LogP contribution in [0.5, 0.6) is 5.75 Å². The Morgan fingerprint density at radius 3 is 2.58 bits per heavy atom. The predicted molar refractivity (Wildman–Crippen MR) is 100 cm³/mol. The number of amides is 1. The van der Waals surface area contributed by atoms with E-state index in [2.05, 4.69) is 0 Å². The van der Waals surface area contributed by atoms with Crippen molar-refractivity contribution in [1.82, 2.24) is 4.90 Å². The van der Waals surface area contributed by atoms with E-state index in [0.29, 0.717) is 13.0 Å². The smallest absolute Gasteiger partial charge is 0.308 e. The first-order valence-electron chi connectivity index (χ1n) is 9.03. The highest BCUT2D eigenvalue weighted by Gasteiger charge is 2.36. The number of aliphatic carboxylic acids is 1. The molecule has 5 heteroatoms. The summed E-state index contributed by atoms with van der Waals surface area (Å²) in [6.45, 7) is 4.36. The number of carboxylic acid groups (broad SMARTS) is 1. The molecule has 1 amide bonds. The molecule has 1 heterocycles. The molecule has 0 aromatic heterocycles. The number of piperidine rings is 1. The number of fused-ring (bicyclic) bond motifs is 1. The quantitative estimate of drug-likeness (QED) is 0.909. The average Bonchev–Trinajstić information content (AvgIpc) is 2.65. The summed E-state index contributed by atoms with van der Waals surface area (Å²) in [7, 11) is 1.64. The minimum absolute atomic E-state index is 0.00342. The molecule has 1 aliphatic rings. The second-order valence-corrected chi connectivity index (χ2v) is 7.05. The summed E-state index contributed by atoms with van der Waals surface area (Å²) in [6, 6.07) is 11.6. The Hall–Kier alpha value is -2.56. The van der Waals surface area contributed by atoms with Gasteiger partial charge in [-0.3, -0.25) is 9.59 Å². The summed E-state index contributed by atoms with van der Waals surface area (Å²) in [4.78, 5) is 26.2. The van der Waals surface area contributed by atoms with Crippen LogP contribution in [0.4, 0.5) is 0 Å². The standard InChI is InChI=1S/C21H25NO4/c1-13(20(23)22-10-4-5-19(14(22)2)21(24)25)15-6-7-17-12-18(26-3)9-8-16(17)11-15/h6-9,11-14,19H,4-5,10H2,1-3H3,(H,24,25)/t13-,14-,19-/m0/s1. The fourth-order valence-electron chi connectivity index (χ4n) is 3.81. The molecule has 2 aromatic carbocycles. The number of benzene rings is 2. The first-order valence-corrected chi connectivity index (χ1v) is 9.03. The van der Waals surface area contributed by atoms with E-state index in [-0.39, 0.29) is 17.9 Å². The maximum Gasteiger partial charge on any atom is 0.308 e. The largest absolute Gasteiger partial charge is 0.497 e. The highest BCUT2D eigenvalue weighted by molar-refractivity contribution is 5.89. The van der Waals surface area contributed by atoms with Crippen LogP contribution < -0.4 is 4.74 Å². The summed E-state index contributed by atoms with van der Waals surface area (Å²) >= 11 is 0. The van der Waals surface area contributed by atoms with E-state index in [1.165, 1.54) is 0 Å². The molecule has 138 valence electrons. The van der Waals surface area contributed by atoms with Crippen LogP contribution in [0.3, 0.4) is 0 Å². The van der Waals surface area contributed by atoms with Crippen molar-refractivity contribution < 1.29 is 19.4 Å². The zero-order valence-electron chi connectivity index (χ0n) is 15.4. The molecular weight excluding hydrogens is 330 g/mol. The van der Waals surface area contributed by atoms with Crippen LogP contribution in [0.25, 0.3) is 10.8 Å². The molecule has 5 nitrogen and oxygen atoms in total. The van der Waals surface area contributed by atoms with Gasteiger partial charge in [-0.1, -0.05) is 24.3 Å². The van der Waals surface area contributed by atoms with Crippen LogP contribution in [0.1, 0.15) is 38.2 Å². The van der Waals surface area contributed by atoms with E-state index in [4.69, 9.17) is 4.74 Å². The number of nitrogens with zero attached hydrogens (tertiary/aromatic N) is 1. The lowest BCUT2D eigenvalue weighted by molar-refractivity contribution is -0.149. The van der Waals surface area contributed by atoms with Gasteiger partial charge in [0.1, 0.15) is 5.75 Å². The van der Waals surface area contributed by atoms with E-state index in [1.54, 1.807) is 12.0 Å². The van der Waals surface area contributed by atoms with E-state index in [9.17, 15) is 14.7 Å². The molecule has 3 atom stereocenters. The fourth-order valence-corrected chi connectivity index (χ4v) is 3.81. The Morgan fingerprint density at radius 1 is 1.19 bits per heavy atom. The van der Waals surface area contributed by atoms with Gasteiger partial charge in [-0.2, -0.15) is 0 Å². The molecule has 26 heavy (non-hydrogen) atoms. The van der Waals surface area contributed by atoms with Crippen molar-refractivity contribution in [3.05, 3.63) is 42.0 Å². The molecular formula is C21H25NO4. The molecule has 1 fully saturated rings. The van der Waals surface area contributed by atoms with E-state index in [1.807, 2.05) is 50.2 Å². The molecule has 0 unspecified atom stereocenters. The molecule has 0 radical (unpaired) electrons. The van der Waals surface area contributed by atoms with Crippen LogP contribution in [-0.2, 0) is 9.59 Å². The molecule has 0 spiro atoms. The number of hydrogen-bond acceptors (Lipinski definition) is 3. The number of rotatable bonds is 4. The van der Waals surface area contributed by atoms with Crippen LogP contribution in [0, 0.1) is 5.92 Å². The molecule has 1 saturated heterocycles. The third-order valence-electron chi connectivity index (χ3n) is 5.53. The number of ether oxygens (including phenoxy) is 1. The van der Waals surface area contributed by atoms with Crippen molar-refractivity contribution in [3.8, 4) is 5.75 Å². The molecule has 3 rings (SSSR count). The SMILES string of the molecule is COc1ccc2cc([C@H](C)C(=O)N3CCC[C@H](C(=O)O)[C@@H]3C)ccc2c1. The minimum atomic E-state index is -0.817. The number of methoxy groups -OCH3 is 1. The van der Waals surface area contributed by atoms with Crippen molar-refractivity contribution in [3.63, 3.8) is 0 Å². The van der Waals surface area contributed by atoms with E-state index in [0.717, 1.165) is 28.5 Å². The van der Waals surface area contributed by atoms with Gasteiger partial charge < -0.3 is 14.7 Å². The molecule has 0 aliphatic carbocycles. The Bertz CT molecular complexity index is 832. The van der Waals surface area contributed by atoms with E-state index < -0.39 is 11.9 Å². The third kappa shape index (κ3) is 3.39. The maximum atomic E-state index is 13.0. The lowest BCUT2D eigenvalue weighted by Gasteiger charge is -2.39. The predicted octanol–water partition coefficient (Wildman–Crippen LogP) is 3.66. The molecule has 0 bridgehead atoms. The van der Waals surface area contributed by atoms with Crippen molar-refractivity contribution >= 4 is 22.6 Å². The number of carbonyl (C=O) groups excluding carboxylic acids is 1. The van der Waals surface area contributed by atoms with Crippen LogP contribution in [-0.4, -0.2) is 41.6 Å². The first-order chi connectivity index (χ1) is 12.4. The van der Waals surface area contributed by atoms with Crippen LogP contribution in [0.15, 0.2) is 36.4 Å².